The van der Waals surface area contributed by atoms with Crippen molar-refractivity contribution in [2.75, 3.05) is 26.4 Å². The number of ether oxygens (including phenoxy) is 3. The average Bonchev–Trinajstić information content (AvgIpc) is 2.33. The molecule has 0 aromatic carbocycles. The third-order valence-corrected chi connectivity index (χ3v) is 1.47. The van der Waals surface area contributed by atoms with Crippen LogP contribution in [0.1, 0.15) is 13.8 Å². The molecule has 3 heteroatoms. The Labute approximate surface area is 61.3 Å². The molecular weight excluding hydrogens is 132 g/mol. The summed E-state index contributed by atoms with van der Waals surface area (Å²) in [5, 5.41) is 0. The monoisotopic (exact) mass is 146 g/mol. The van der Waals surface area contributed by atoms with Gasteiger partial charge in [-0.2, -0.15) is 0 Å². The third-order valence-electron chi connectivity index (χ3n) is 1.47. The topological polar surface area (TPSA) is 27.7 Å². The number of hydrogen-bond donors (Lipinski definition) is 0. The molecule has 1 aliphatic rings. The normalized spacial score (nSPS) is 23.4. The van der Waals surface area contributed by atoms with Gasteiger partial charge in [0.1, 0.15) is 6.61 Å². The third kappa shape index (κ3) is 1.94. The minimum atomic E-state index is -0.476. The van der Waals surface area contributed by atoms with Crippen LogP contribution in [-0.4, -0.2) is 32.2 Å². The lowest BCUT2D eigenvalue weighted by Crippen LogP contribution is -2.31. The molecule has 0 N–H and O–H groups in total. The molecule has 1 fully saturated rings. The maximum Gasteiger partial charge on any atom is 0.189 e. The molecule has 0 aromatic heterocycles. The van der Waals surface area contributed by atoms with Crippen LogP contribution in [0, 0.1) is 0 Å². The second kappa shape index (κ2) is 3.32. The predicted octanol–water partition coefficient (Wildman–Crippen LogP) is 0.786. The number of rotatable bonds is 3. The number of hydrogen-bond acceptors (Lipinski definition) is 3. The van der Waals surface area contributed by atoms with Gasteiger partial charge in [0.15, 0.2) is 5.79 Å². The van der Waals surface area contributed by atoms with Crippen LogP contribution in [0.25, 0.3) is 0 Å². The van der Waals surface area contributed by atoms with Crippen LogP contribution in [0.5, 0.6) is 0 Å². The second-order valence-corrected chi connectivity index (χ2v) is 2.47. The summed E-state index contributed by atoms with van der Waals surface area (Å²) in [6, 6.07) is 0. The average molecular weight is 146 g/mol. The molecule has 0 saturated carbocycles. The van der Waals surface area contributed by atoms with E-state index in [1.165, 1.54) is 0 Å². The summed E-state index contributed by atoms with van der Waals surface area (Å²) in [7, 11) is 0. The fraction of sp³-hybridized carbons (Fsp3) is 1.00. The highest BCUT2D eigenvalue weighted by Crippen LogP contribution is 2.18. The van der Waals surface area contributed by atoms with Gasteiger partial charge in [-0.15, -0.1) is 0 Å². The highest BCUT2D eigenvalue weighted by molar-refractivity contribution is 4.66. The van der Waals surface area contributed by atoms with Crippen molar-refractivity contribution < 1.29 is 14.2 Å². The van der Waals surface area contributed by atoms with Crippen molar-refractivity contribution in [3.05, 3.63) is 0 Å². The second-order valence-electron chi connectivity index (χ2n) is 2.47. The van der Waals surface area contributed by atoms with Crippen molar-refractivity contribution in [3.8, 4) is 0 Å². The molecule has 0 bridgehead atoms. The summed E-state index contributed by atoms with van der Waals surface area (Å²) in [5.41, 5.74) is 0. The Balaban J connectivity index is 2.22. The predicted molar refractivity (Wildman–Crippen MR) is 36.8 cm³/mol. The summed E-state index contributed by atoms with van der Waals surface area (Å²) < 4.78 is 15.8. The largest absolute Gasteiger partial charge is 0.376 e. The van der Waals surface area contributed by atoms with E-state index in [0.717, 1.165) is 0 Å². The van der Waals surface area contributed by atoms with E-state index in [4.69, 9.17) is 14.2 Å². The molecule has 0 aliphatic carbocycles. The first-order valence-corrected chi connectivity index (χ1v) is 3.62. The van der Waals surface area contributed by atoms with Crippen LogP contribution in [-0.2, 0) is 14.2 Å². The van der Waals surface area contributed by atoms with Crippen LogP contribution in [0.3, 0.4) is 0 Å². The Morgan fingerprint density at radius 1 is 1.40 bits per heavy atom. The Kier molecular flexibility index (Phi) is 2.65. The van der Waals surface area contributed by atoms with Gasteiger partial charge in [0.2, 0.25) is 0 Å². The van der Waals surface area contributed by atoms with Crippen LogP contribution in [0.15, 0.2) is 0 Å². The van der Waals surface area contributed by atoms with Gasteiger partial charge in [0.05, 0.1) is 13.2 Å². The van der Waals surface area contributed by atoms with E-state index in [2.05, 4.69) is 0 Å². The summed E-state index contributed by atoms with van der Waals surface area (Å²) in [5.74, 6) is -0.476. The van der Waals surface area contributed by atoms with E-state index in [1.54, 1.807) is 0 Å². The molecule has 1 saturated heterocycles. The SMILES string of the molecule is CCOCC1(C)OCCO1. The minimum absolute atomic E-state index is 0.476. The summed E-state index contributed by atoms with van der Waals surface area (Å²) >= 11 is 0. The standard InChI is InChI=1S/C7H14O3/c1-3-8-6-7(2)9-4-5-10-7/h3-6H2,1-2H3. The van der Waals surface area contributed by atoms with Crippen molar-refractivity contribution in [1.82, 2.24) is 0 Å². The van der Waals surface area contributed by atoms with E-state index < -0.39 is 5.79 Å². The van der Waals surface area contributed by atoms with Crippen molar-refractivity contribution in [1.29, 1.82) is 0 Å². The molecule has 0 spiro atoms. The van der Waals surface area contributed by atoms with Gasteiger partial charge >= 0.3 is 0 Å². The van der Waals surface area contributed by atoms with Gasteiger partial charge in [0, 0.05) is 6.61 Å². The van der Waals surface area contributed by atoms with Gasteiger partial charge in [-0.3, -0.25) is 0 Å². The minimum Gasteiger partial charge on any atom is -0.376 e. The van der Waals surface area contributed by atoms with Crippen molar-refractivity contribution >= 4 is 0 Å². The first kappa shape index (κ1) is 7.98. The maximum atomic E-state index is 5.30. The van der Waals surface area contributed by atoms with E-state index >= 15 is 0 Å². The zero-order chi connectivity index (χ0) is 7.45. The molecule has 60 valence electrons. The molecule has 1 heterocycles. The molecular formula is C7H14O3. The lowest BCUT2D eigenvalue weighted by Gasteiger charge is -2.21. The molecule has 0 amide bonds. The Morgan fingerprint density at radius 3 is 2.50 bits per heavy atom. The van der Waals surface area contributed by atoms with Gasteiger partial charge in [-0.05, 0) is 13.8 Å². The zero-order valence-corrected chi connectivity index (χ0v) is 6.55. The lowest BCUT2D eigenvalue weighted by molar-refractivity contribution is -0.179. The summed E-state index contributed by atoms with van der Waals surface area (Å²) in [6.07, 6.45) is 0. The highest BCUT2D eigenvalue weighted by Gasteiger charge is 2.30. The molecule has 3 nitrogen and oxygen atoms in total. The van der Waals surface area contributed by atoms with Crippen molar-refractivity contribution in [2.24, 2.45) is 0 Å². The van der Waals surface area contributed by atoms with Crippen molar-refractivity contribution in [2.45, 2.75) is 19.6 Å². The maximum absolute atomic E-state index is 5.30. The van der Waals surface area contributed by atoms with Crippen molar-refractivity contribution in [3.63, 3.8) is 0 Å². The molecule has 0 radical (unpaired) electrons. The van der Waals surface area contributed by atoms with E-state index in [-0.39, 0.29) is 0 Å². The smallest absolute Gasteiger partial charge is 0.189 e. The fourth-order valence-electron chi connectivity index (χ4n) is 0.928. The van der Waals surface area contributed by atoms with Gasteiger partial charge < -0.3 is 14.2 Å². The van der Waals surface area contributed by atoms with E-state index in [1.807, 2.05) is 13.8 Å². The first-order valence-electron chi connectivity index (χ1n) is 3.62. The Hall–Kier alpha value is -0.120. The molecule has 0 unspecified atom stereocenters. The molecule has 10 heavy (non-hydrogen) atoms. The van der Waals surface area contributed by atoms with Gasteiger partial charge in [0.25, 0.3) is 0 Å². The molecule has 1 rings (SSSR count). The molecule has 1 aliphatic heterocycles. The van der Waals surface area contributed by atoms with Crippen LogP contribution in [0.2, 0.25) is 0 Å². The molecule has 0 atom stereocenters. The van der Waals surface area contributed by atoms with Crippen LogP contribution >= 0.6 is 0 Å². The van der Waals surface area contributed by atoms with Gasteiger partial charge in [-0.25, -0.2) is 0 Å². The quantitative estimate of drug-likeness (QED) is 0.589. The molecule has 0 aromatic rings. The van der Waals surface area contributed by atoms with E-state index in [9.17, 15) is 0 Å². The van der Waals surface area contributed by atoms with Gasteiger partial charge in [-0.1, -0.05) is 0 Å². The summed E-state index contributed by atoms with van der Waals surface area (Å²) in [4.78, 5) is 0. The fourth-order valence-corrected chi connectivity index (χ4v) is 0.928. The highest BCUT2D eigenvalue weighted by atomic mass is 16.7. The van der Waals surface area contributed by atoms with Crippen LogP contribution in [0.4, 0.5) is 0 Å². The lowest BCUT2D eigenvalue weighted by atomic mass is 10.3. The zero-order valence-electron chi connectivity index (χ0n) is 6.55. The van der Waals surface area contributed by atoms with Crippen LogP contribution < -0.4 is 0 Å². The Morgan fingerprint density at radius 2 is 2.00 bits per heavy atom. The Bertz CT molecular complexity index is 97.0. The summed E-state index contributed by atoms with van der Waals surface area (Å²) in [6.45, 7) is 6.47. The first-order chi connectivity index (χ1) is 4.77. The van der Waals surface area contributed by atoms with E-state index in [0.29, 0.717) is 26.4 Å².